The van der Waals surface area contributed by atoms with E-state index in [1.54, 1.807) is 17.8 Å². The van der Waals surface area contributed by atoms with Crippen LogP contribution in [-0.2, 0) is 17.4 Å². The van der Waals surface area contributed by atoms with Crippen LogP contribution in [0.4, 0.5) is 13.2 Å². The zero-order chi connectivity index (χ0) is 19.4. The maximum absolute atomic E-state index is 12.8. The molecule has 27 heavy (non-hydrogen) atoms. The van der Waals surface area contributed by atoms with E-state index in [1.807, 2.05) is 31.2 Å². The van der Waals surface area contributed by atoms with Crippen LogP contribution in [0.1, 0.15) is 29.5 Å². The van der Waals surface area contributed by atoms with Crippen LogP contribution in [0.15, 0.2) is 48.5 Å². The van der Waals surface area contributed by atoms with Crippen molar-refractivity contribution in [2.24, 2.45) is 0 Å². The minimum absolute atomic E-state index is 0.0577. The SMILES string of the molecule is CC(COc1ccc(CC2SCNC2=O)cc1)c1cccc(C(F)(F)F)c1. The van der Waals surface area contributed by atoms with Crippen molar-refractivity contribution in [3.8, 4) is 5.75 Å². The molecule has 2 aromatic carbocycles. The third-order valence-corrected chi connectivity index (χ3v) is 5.54. The highest BCUT2D eigenvalue weighted by atomic mass is 32.2. The fourth-order valence-corrected chi connectivity index (χ4v) is 3.80. The summed E-state index contributed by atoms with van der Waals surface area (Å²) in [6.07, 6.45) is -3.68. The Kier molecular flexibility index (Phi) is 5.99. The predicted octanol–water partition coefficient (Wildman–Crippen LogP) is 4.62. The van der Waals surface area contributed by atoms with Gasteiger partial charge in [0.2, 0.25) is 5.91 Å². The molecule has 1 N–H and O–H groups in total. The summed E-state index contributed by atoms with van der Waals surface area (Å²) in [7, 11) is 0. The molecule has 3 rings (SSSR count). The quantitative estimate of drug-likeness (QED) is 0.776. The van der Waals surface area contributed by atoms with Crippen LogP contribution < -0.4 is 10.1 Å². The molecule has 3 nitrogen and oxygen atoms in total. The van der Waals surface area contributed by atoms with Crippen LogP contribution in [-0.4, -0.2) is 23.6 Å². The Labute approximate surface area is 160 Å². The molecule has 1 fully saturated rings. The van der Waals surface area contributed by atoms with E-state index in [9.17, 15) is 18.0 Å². The Morgan fingerprint density at radius 1 is 1.22 bits per heavy atom. The van der Waals surface area contributed by atoms with Gasteiger partial charge < -0.3 is 10.1 Å². The van der Waals surface area contributed by atoms with Crippen LogP contribution >= 0.6 is 11.8 Å². The van der Waals surface area contributed by atoms with Gasteiger partial charge in [0.15, 0.2) is 0 Å². The van der Waals surface area contributed by atoms with Crippen molar-refractivity contribution >= 4 is 17.7 Å². The average Bonchev–Trinajstić information content (AvgIpc) is 3.05. The predicted molar refractivity (Wildman–Crippen MR) is 99.9 cm³/mol. The second-order valence-electron chi connectivity index (χ2n) is 6.52. The van der Waals surface area contributed by atoms with E-state index in [0.717, 1.165) is 11.6 Å². The summed E-state index contributed by atoms with van der Waals surface area (Å²) in [5.74, 6) is 1.19. The number of carbonyl (C=O) groups excluding carboxylic acids is 1. The molecule has 7 heteroatoms. The molecule has 0 saturated carbocycles. The summed E-state index contributed by atoms with van der Waals surface area (Å²) >= 11 is 1.59. The number of benzene rings is 2. The largest absolute Gasteiger partial charge is 0.493 e. The number of thioether (sulfide) groups is 1. The summed E-state index contributed by atoms with van der Waals surface area (Å²) in [5.41, 5.74) is 0.985. The van der Waals surface area contributed by atoms with Gasteiger partial charge in [-0.2, -0.15) is 13.2 Å². The standard InChI is InChI=1S/C20H20F3NO2S/c1-13(15-3-2-4-16(10-15)20(21,22)23)11-26-17-7-5-14(6-8-17)9-18-19(25)24-12-27-18/h2-8,10,13,18H,9,11-12H2,1H3,(H,24,25). The van der Waals surface area contributed by atoms with Gasteiger partial charge in [-0.25, -0.2) is 0 Å². The Hall–Kier alpha value is -2.15. The molecule has 2 atom stereocenters. The van der Waals surface area contributed by atoms with Crippen molar-refractivity contribution < 1.29 is 22.7 Å². The van der Waals surface area contributed by atoms with Crippen LogP contribution in [0.5, 0.6) is 5.75 Å². The Bertz CT molecular complexity index is 793. The molecule has 0 aliphatic carbocycles. The second-order valence-corrected chi connectivity index (χ2v) is 7.72. The number of alkyl halides is 3. The number of hydrogen-bond donors (Lipinski definition) is 1. The molecule has 0 spiro atoms. The minimum Gasteiger partial charge on any atom is -0.493 e. The highest BCUT2D eigenvalue weighted by molar-refractivity contribution is 8.01. The van der Waals surface area contributed by atoms with Gasteiger partial charge in [-0.3, -0.25) is 4.79 Å². The van der Waals surface area contributed by atoms with Gasteiger partial charge in [-0.05, 0) is 35.7 Å². The molecule has 144 valence electrons. The number of amides is 1. The van der Waals surface area contributed by atoms with Gasteiger partial charge in [0, 0.05) is 5.92 Å². The Morgan fingerprint density at radius 2 is 1.96 bits per heavy atom. The molecule has 1 aliphatic rings. The van der Waals surface area contributed by atoms with Crippen molar-refractivity contribution in [2.75, 3.05) is 12.5 Å². The third kappa shape index (κ3) is 5.19. The molecule has 0 bridgehead atoms. The van der Waals surface area contributed by atoms with Gasteiger partial charge in [0.05, 0.1) is 23.3 Å². The monoisotopic (exact) mass is 395 g/mol. The summed E-state index contributed by atoms with van der Waals surface area (Å²) in [4.78, 5) is 11.6. The lowest BCUT2D eigenvalue weighted by Gasteiger charge is -2.16. The van der Waals surface area contributed by atoms with Crippen LogP contribution in [0.2, 0.25) is 0 Å². The third-order valence-electron chi connectivity index (χ3n) is 4.45. The molecule has 1 aliphatic heterocycles. The van der Waals surface area contributed by atoms with Gasteiger partial charge >= 0.3 is 6.18 Å². The first-order valence-electron chi connectivity index (χ1n) is 8.61. The number of rotatable bonds is 6. The number of halogens is 3. The smallest absolute Gasteiger partial charge is 0.416 e. The fraction of sp³-hybridized carbons (Fsp3) is 0.350. The first-order valence-corrected chi connectivity index (χ1v) is 9.66. The summed E-state index contributed by atoms with van der Waals surface area (Å²) < 4.78 is 44.2. The Balaban J connectivity index is 1.56. The van der Waals surface area contributed by atoms with Gasteiger partial charge in [-0.15, -0.1) is 11.8 Å². The van der Waals surface area contributed by atoms with Crippen molar-refractivity contribution in [2.45, 2.75) is 30.7 Å². The highest BCUT2D eigenvalue weighted by Crippen LogP contribution is 2.31. The Morgan fingerprint density at radius 3 is 2.59 bits per heavy atom. The lowest BCUT2D eigenvalue weighted by molar-refractivity contribution is -0.137. The minimum atomic E-state index is -4.35. The summed E-state index contributed by atoms with van der Waals surface area (Å²) in [6, 6.07) is 12.8. The van der Waals surface area contributed by atoms with E-state index in [4.69, 9.17) is 4.74 Å². The van der Waals surface area contributed by atoms with Crippen LogP contribution in [0.25, 0.3) is 0 Å². The van der Waals surface area contributed by atoms with Crippen molar-refractivity contribution in [3.05, 3.63) is 65.2 Å². The van der Waals surface area contributed by atoms with Crippen molar-refractivity contribution in [3.63, 3.8) is 0 Å². The zero-order valence-corrected chi connectivity index (χ0v) is 15.6. The molecule has 2 aromatic rings. The normalized spacial score (nSPS) is 18.2. The van der Waals surface area contributed by atoms with Crippen molar-refractivity contribution in [1.29, 1.82) is 0 Å². The number of hydrogen-bond acceptors (Lipinski definition) is 3. The average molecular weight is 395 g/mol. The van der Waals surface area contributed by atoms with Gasteiger partial charge in [-0.1, -0.05) is 37.3 Å². The molecular weight excluding hydrogens is 375 g/mol. The zero-order valence-electron chi connectivity index (χ0n) is 14.8. The maximum atomic E-state index is 12.8. The summed E-state index contributed by atoms with van der Waals surface area (Å²) in [6.45, 7) is 2.11. The topological polar surface area (TPSA) is 38.3 Å². The van der Waals surface area contributed by atoms with Crippen molar-refractivity contribution in [1.82, 2.24) is 5.32 Å². The van der Waals surface area contributed by atoms with E-state index in [0.29, 0.717) is 23.6 Å². The number of nitrogens with one attached hydrogen (secondary N) is 1. The van der Waals surface area contributed by atoms with E-state index in [1.165, 1.54) is 12.1 Å². The van der Waals surface area contributed by atoms with E-state index in [2.05, 4.69) is 5.32 Å². The lowest BCUT2D eigenvalue weighted by atomic mass is 9.99. The molecule has 0 aromatic heterocycles. The van der Waals surface area contributed by atoms with E-state index >= 15 is 0 Å². The molecule has 0 radical (unpaired) electrons. The maximum Gasteiger partial charge on any atom is 0.416 e. The lowest BCUT2D eigenvalue weighted by Crippen LogP contribution is -2.23. The number of carbonyl (C=O) groups is 1. The first-order chi connectivity index (χ1) is 12.8. The van der Waals surface area contributed by atoms with Gasteiger partial charge in [0.25, 0.3) is 0 Å². The summed E-state index contributed by atoms with van der Waals surface area (Å²) in [5, 5.41) is 2.73. The molecule has 1 heterocycles. The van der Waals surface area contributed by atoms with Gasteiger partial charge in [0.1, 0.15) is 5.75 Å². The first kappa shape index (κ1) is 19.6. The van der Waals surface area contributed by atoms with Crippen LogP contribution in [0, 0.1) is 0 Å². The molecule has 1 saturated heterocycles. The molecule has 2 unspecified atom stereocenters. The fourth-order valence-electron chi connectivity index (χ4n) is 2.83. The van der Waals surface area contributed by atoms with Crippen LogP contribution in [0.3, 0.4) is 0 Å². The highest BCUT2D eigenvalue weighted by Gasteiger charge is 2.30. The number of ether oxygens (including phenoxy) is 1. The molecule has 1 amide bonds. The van der Waals surface area contributed by atoms with E-state index < -0.39 is 11.7 Å². The molecular formula is C20H20F3NO2S. The van der Waals surface area contributed by atoms with E-state index in [-0.39, 0.29) is 23.7 Å². The second kappa shape index (κ2) is 8.25.